The third-order valence-corrected chi connectivity index (χ3v) is 4.24. The van der Waals surface area contributed by atoms with E-state index in [2.05, 4.69) is 44.4 Å². The van der Waals surface area contributed by atoms with Crippen LogP contribution >= 0.6 is 27.5 Å². The van der Waals surface area contributed by atoms with Crippen LogP contribution in [0.2, 0.25) is 5.15 Å². The molecular weight excluding hydrogens is 328 g/mol. The highest BCUT2D eigenvalue weighted by Gasteiger charge is 2.20. The summed E-state index contributed by atoms with van der Waals surface area (Å²) in [6, 6.07) is 10.4. The molecule has 0 bridgehead atoms. The molecule has 1 aromatic heterocycles. The molecule has 19 heavy (non-hydrogen) atoms. The molecule has 0 fully saturated rings. The van der Waals surface area contributed by atoms with E-state index in [4.69, 9.17) is 16.3 Å². The fourth-order valence-corrected chi connectivity index (χ4v) is 2.66. The molecular formula is C14H12BrClN2O. The van der Waals surface area contributed by atoms with Gasteiger partial charge in [0, 0.05) is 0 Å². The van der Waals surface area contributed by atoms with Crippen molar-refractivity contribution >= 4 is 33.2 Å². The molecule has 0 aliphatic carbocycles. The smallest absolute Gasteiger partial charge is 0.143 e. The molecule has 0 spiro atoms. The van der Waals surface area contributed by atoms with Crippen molar-refractivity contribution < 1.29 is 4.74 Å². The van der Waals surface area contributed by atoms with Crippen LogP contribution < -0.4 is 5.32 Å². The van der Waals surface area contributed by atoms with Gasteiger partial charge in [0.1, 0.15) is 5.15 Å². The molecule has 2 aromatic rings. The first-order chi connectivity index (χ1) is 9.24. The Bertz CT molecular complexity index is 606. The van der Waals surface area contributed by atoms with Crippen molar-refractivity contribution in [3.05, 3.63) is 57.3 Å². The normalized spacial score (nSPS) is 17.9. The number of anilines is 1. The topological polar surface area (TPSA) is 34.2 Å². The lowest BCUT2D eigenvalue weighted by Crippen LogP contribution is -2.23. The Kier molecular flexibility index (Phi) is 3.73. The summed E-state index contributed by atoms with van der Waals surface area (Å²) >= 11 is 9.27. The lowest BCUT2D eigenvalue weighted by atomic mass is 9.99. The highest BCUT2D eigenvalue weighted by Crippen LogP contribution is 2.29. The van der Waals surface area contributed by atoms with Gasteiger partial charge in [0.15, 0.2) is 0 Å². The Hall–Kier alpha value is -1.10. The maximum Gasteiger partial charge on any atom is 0.143 e. The number of aromatic nitrogens is 1. The molecule has 0 amide bonds. The van der Waals surface area contributed by atoms with Crippen molar-refractivity contribution in [2.45, 2.75) is 12.6 Å². The number of hydrogen-bond donors (Lipinski definition) is 1. The molecule has 1 aliphatic heterocycles. The highest BCUT2D eigenvalue weighted by molar-refractivity contribution is 9.10. The number of nitrogens with zero attached hydrogens (tertiary/aromatic N) is 1. The van der Waals surface area contributed by atoms with E-state index in [1.54, 1.807) is 6.20 Å². The minimum atomic E-state index is 0.139. The minimum absolute atomic E-state index is 0.139. The first kappa shape index (κ1) is 12.9. The van der Waals surface area contributed by atoms with Crippen LogP contribution in [0, 0.1) is 0 Å². The zero-order chi connectivity index (χ0) is 13.2. The van der Waals surface area contributed by atoms with Crippen molar-refractivity contribution in [1.82, 2.24) is 4.98 Å². The standard InChI is InChI=1S/C14H12BrClN2O/c15-12-5-10(6-17-14(12)16)18-13-8-19-7-9-3-1-2-4-11(9)13/h1-6,13,18H,7-8H2. The zero-order valence-electron chi connectivity index (χ0n) is 10.1. The van der Waals surface area contributed by atoms with Crippen molar-refractivity contribution in [2.75, 3.05) is 11.9 Å². The first-order valence-electron chi connectivity index (χ1n) is 5.97. The predicted octanol–water partition coefficient (Wildman–Crippen LogP) is 4.18. The van der Waals surface area contributed by atoms with E-state index in [1.165, 1.54) is 11.1 Å². The Morgan fingerprint density at radius 3 is 3.05 bits per heavy atom. The molecule has 1 unspecified atom stereocenters. The molecule has 2 heterocycles. The first-order valence-corrected chi connectivity index (χ1v) is 7.14. The van der Waals surface area contributed by atoms with Crippen LogP contribution in [0.5, 0.6) is 0 Å². The van der Waals surface area contributed by atoms with Crippen molar-refractivity contribution in [3.63, 3.8) is 0 Å². The summed E-state index contributed by atoms with van der Waals surface area (Å²) in [7, 11) is 0. The second-order valence-electron chi connectivity index (χ2n) is 4.41. The molecule has 1 aromatic carbocycles. The zero-order valence-corrected chi connectivity index (χ0v) is 12.4. The quantitative estimate of drug-likeness (QED) is 0.833. The summed E-state index contributed by atoms with van der Waals surface area (Å²) in [5, 5.41) is 3.89. The second-order valence-corrected chi connectivity index (χ2v) is 5.62. The van der Waals surface area contributed by atoms with E-state index in [0.717, 1.165) is 10.2 Å². The fourth-order valence-electron chi connectivity index (χ4n) is 2.20. The van der Waals surface area contributed by atoms with Gasteiger partial charge in [-0.25, -0.2) is 4.98 Å². The van der Waals surface area contributed by atoms with E-state index in [0.29, 0.717) is 18.4 Å². The van der Waals surface area contributed by atoms with Gasteiger partial charge in [0.05, 0.1) is 35.6 Å². The van der Waals surface area contributed by atoms with E-state index < -0.39 is 0 Å². The van der Waals surface area contributed by atoms with Crippen molar-refractivity contribution in [1.29, 1.82) is 0 Å². The number of rotatable bonds is 2. The predicted molar refractivity (Wildman–Crippen MR) is 79.4 cm³/mol. The molecule has 5 heteroatoms. The van der Waals surface area contributed by atoms with Crippen molar-refractivity contribution in [2.24, 2.45) is 0 Å². The number of nitrogens with one attached hydrogen (secondary N) is 1. The van der Waals surface area contributed by atoms with Gasteiger partial charge in [-0.3, -0.25) is 0 Å². The van der Waals surface area contributed by atoms with Crippen LogP contribution in [-0.4, -0.2) is 11.6 Å². The summed E-state index contributed by atoms with van der Waals surface area (Å²) in [5.74, 6) is 0. The van der Waals surface area contributed by atoms with Crippen molar-refractivity contribution in [3.8, 4) is 0 Å². The number of halogens is 2. The molecule has 1 N–H and O–H groups in total. The highest BCUT2D eigenvalue weighted by atomic mass is 79.9. The number of fused-ring (bicyclic) bond motifs is 1. The summed E-state index contributed by atoms with van der Waals surface area (Å²) in [5.41, 5.74) is 3.42. The lowest BCUT2D eigenvalue weighted by molar-refractivity contribution is 0.0970. The summed E-state index contributed by atoms with van der Waals surface area (Å²) in [4.78, 5) is 4.12. The SMILES string of the molecule is Clc1ncc(NC2COCc3ccccc32)cc1Br. The number of hydrogen-bond acceptors (Lipinski definition) is 3. The Morgan fingerprint density at radius 1 is 1.37 bits per heavy atom. The van der Waals surface area contributed by atoms with Gasteiger partial charge < -0.3 is 10.1 Å². The van der Waals surface area contributed by atoms with E-state index in [1.807, 2.05) is 12.1 Å². The second kappa shape index (κ2) is 5.49. The van der Waals surface area contributed by atoms with E-state index in [-0.39, 0.29) is 6.04 Å². The third kappa shape index (κ3) is 2.76. The van der Waals surface area contributed by atoms with E-state index in [9.17, 15) is 0 Å². The molecule has 0 radical (unpaired) electrons. The average Bonchev–Trinajstić information content (AvgIpc) is 2.43. The summed E-state index contributed by atoms with van der Waals surface area (Å²) < 4.78 is 6.40. The maximum atomic E-state index is 5.89. The van der Waals surface area contributed by atoms with Crippen LogP contribution in [0.1, 0.15) is 17.2 Å². The number of benzene rings is 1. The minimum Gasteiger partial charge on any atom is -0.375 e. The van der Waals surface area contributed by atoms with Gasteiger partial charge in [0.2, 0.25) is 0 Å². The number of pyridine rings is 1. The van der Waals surface area contributed by atoms with Gasteiger partial charge in [0.25, 0.3) is 0 Å². The molecule has 3 nitrogen and oxygen atoms in total. The molecule has 0 saturated carbocycles. The third-order valence-electron chi connectivity index (χ3n) is 3.11. The van der Waals surface area contributed by atoms with Crippen LogP contribution in [0.25, 0.3) is 0 Å². The largest absolute Gasteiger partial charge is 0.375 e. The molecule has 98 valence electrons. The Labute approximate surface area is 125 Å². The van der Waals surface area contributed by atoms with Crippen LogP contribution in [0.4, 0.5) is 5.69 Å². The Morgan fingerprint density at radius 2 is 2.21 bits per heavy atom. The van der Waals surface area contributed by atoms with Gasteiger partial charge in [-0.15, -0.1) is 0 Å². The maximum absolute atomic E-state index is 5.89. The summed E-state index contributed by atoms with van der Waals surface area (Å²) in [6.07, 6.45) is 1.73. The Balaban J connectivity index is 1.86. The monoisotopic (exact) mass is 338 g/mol. The van der Waals surface area contributed by atoms with Crippen LogP contribution in [0.15, 0.2) is 41.0 Å². The molecule has 1 atom stereocenters. The van der Waals surface area contributed by atoms with Crippen LogP contribution in [-0.2, 0) is 11.3 Å². The van der Waals surface area contributed by atoms with Crippen LogP contribution in [0.3, 0.4) is 0 Å². The molecule has 1 aliphatic rings. The summed E-state index contributed by atoms with van der Waals surface area (Å²) in [6.45, 7) is 1.33. The van der Waals surface area contributed by atoms with Gasteiger partial charge in [-0.05, 0) is 33.1 Å². The van der Waals surface area contributed by atoms with E-state index >= 15 is 0 Å². The van der Waals surface area contributed by atoms with Gasteiger partial charge in [-0.1, -0.05) is 35.9 Å². The van der Waals surface area contributed by atoms with Gasteiger partial charge >= 0.3 is 0 Å². The molecule has 0 saturated heterocycles. The molecule has 3 rings (SSSR count). The fraction of sp³-hybridized carbons (Fsp3) is 0.214. The average molecular weight is 340 g/mol. The lowest BCUT2D eigenvalue weighted by Gasteiger charge is -2.27. The number of ether oxygens (including phenoxy) is 1. The van der Waals surface area contributed by atoms with Gasteiger partial charge in [-0.2, -0.15) is 0 Å².